The Morgan fingerprint density at radius 3 is 2.44 bits per heavy atom. The highest BCUT2D eigenvalue weighted by Crippen LogP contribution is 2.21. The maximum atomic E-state index is 5.25. The number of aromatic nitrogens is 2. The summed E-state index contributed by atoms with van der Waals surface area (Å²) in [6, 6.07) is 18.1. The van der Waals surface area contributed by atoms with Gasteiger partial charge in [0.25, 0.3) is 0 Å². The summed E-state index contributed by atoms with van der Waals surface area (Å²) in [6.07, 6.45) is 0. The van der Waals surface area contributed by atoms with E-state index in [1.807, 2.05) is 37.3 Å². The van der Waals surface area contributed by atoms with Crippen molar-refractivity contribution in [2.45, 2.75) is 20.4 Å². The fourth-order valence-corrected chi connectivity index (χ4v) is 2.47. The number of aryl methyl sites for hydroxylation is 2. The molecule has 2 N–H and O–H groups in total. The first-order valence-corrected chi connectivity index (χ1v) is 8.18. The number of hydrogen-bond acceptors (Lipinski definition) is 5. The first kappa shape index (κ1) is 16.8. The quantitative estimate of drug-likeness (QED) is 0.697. The summed E-state index contributed by atoms with van der Waals surface area (Å²) in [5.74, 6) is 3.04. The molecule has 3 aromatic rings. The van der Waals surface area contributed by atoms with Crippen LogP contribution in [0.3, 0.4) is 0 Å². The Labute approximate surface area is 148 Å². The van der Waals surface area contributed by atoms with E-state index in [0.717, 1.165) is 29.6 Å². The highest BCUT2D eigenvalue weighted by Gasteiger charge is 2.04. The minimum Gasteiger partial charge on any atom is -0.497 e. The monoisotopic (exact) mass is 334 g/mol. The van der Waals surface area contributed by atoms with E-state index in [1.165, 1.54) is 11.1 Å². The van der Waals surface area contributed by atoms with Gasteiger partial charge in [-0.2, -0.15) is 0 Å². The average Bonchev–Trinajstić information content (AvgIpc) is 2.61. The van der Waals surface area contributed by atoms with Crippen LogP contribution in [-0.2, 0) is 6.54 Å². The van der Waals surface area contributed by atoms with Crippen LogP contribution in [0.2, 0.25) is 0 Å². The molecule has 128 valence electrons. The third-order valence-electron chi connectivity index (χ3n) is 3.77. The van der Waals surface area contributed by atoms with Gasteiger partial charge in [-0.15, -0.1) is 0 Å². The van der Waals surface area contributed by atoms with Crippen molar-refractivity contribution < 1.29 is 4.74 Å². The Kier molecular flexibility index (Phi) is 5.14. The lowest BCUT2D eigenvalue weighted by Crippen LogP contribution is -2.05. The van der Waals surface area contributed by atoms with Crippen molar-refractivity contribution >= 4 is 17.3 Å². The molecule has 25 heavy (non-hydrogen) atoms. The molecule has 0 saturated carbocycles. The summed E-state index contributed by atoms with van der Waals surface area (Å²) in [5, 5.41) is 6.65. The molecule has 0 aliphatic carbocycles. The Balaban J connectivity index is 1.72. The molecule has 0 fully saturated rings. The summed E-state index contributed by atoms with van der Waals surface area (Å²) in [7, 11) is 1.65. The number of benzene rings is 2. The van der Waals surface area contributed by atoms with E-state index < -0.39 is 0 Å². The third kappa shape index (κ3) is 4.70. The SMILES string of the molecule is COc1cccc(Nc2cc(NCc3ccc(C)cc3)nc(C)n2)c1. The highest BCUT2D eigenvalue weighted by molar-refractivity contribution is 5.60. The largest absolute Gasteiger partial charge is 0.497 e. The topological polar surface area (TPSA) is 59.1 Å². The zero-order valence-electron chi connectivity index (χ0n) is 14.7. The maximum Gasteiger partial charge on any atom is 0.136 e. The average molecular weight is 334 g/mol. The molecule has 5 nitrogen and oxygen atoms in total. The van der Waals surface area contributed by atoms with Crippen molar-refractivity contribution in [1.29, 1.82) is 0 Å². The van der Waals surface area contributed by atoms with Crippen LogP contribution in [0.5, 0.6) is 5.75 Å². The number of hydrogen-bond donors (Lipinski definition) is 2. The predicted molar refractivity (Wildman–Crippen MR) is 102 cm³/mol. The first-order chi connectivity index (χ1) is 12.1. The molecular weight excluding hydrogens is 312 g/mol. The normalized spacial score (nSPS) is 10.4. The van der Waals surface area contributed by atoms with Crippen LogP contribution in [0.1, 0.15) is 17.0 Å². The van der Waals surface area contributed by atoms with E-state index in [-0.39, 0.29) is 0 Å². The minimum absolute atomic E-state index is 0.708. The van der Waals surface area contributed by atoms with E-state index in [4.69, 9.17) is 4.74 Å². The van der Waals surface area contributed by atoms with Crippen LogP contribution >= 0.6 is 0 Å². The van der Waals surface area contributed by atoms with Gasteiger partial charge in [-0.25, -0.2) is 9.97 Å². The molecule has 0 aliphatic rings. The van der Waals surface area contributed by atoms with Crippen molar-refractivity contribution in [3.05, 3.63) is 71.5 Å². The van der Waals surface area contributed by atoms with Crippen molar-refractivity contribution in [2.75, 3.05) is 17.7 Å². The maximum absolute atomic E-state index is 5.25. The predicted octanol–water partition coefficient (Wildman–Crippen LogP) is 4.46. The van der Waals surface area contributed by atoms with Gasteiger partial charge < -0.3 is 15.4 Å². The van der Waals surface area contributed by atoms with Gasteiger partial charge in [-0.3, -0.25) is 0 Å². The molecule has 1 aromatic heterocycles. The number of nitrogens with zero attached hydrogens (tertiary/aromatic N) is 2. The second-order valence-corrected chi connectivity index (χ2v) is 5.88. The second-order valence-electron chi connectivity index (χ2n) is 5.88. The van der Waals surface area contributed by atoms with Gasteiger partial charge in [-0.1, -0.05) is 35.9 Å². The van der Waals surface area contributed by atoms with Crippen molar-refractivity contribution in [1.82, 2.24) is 9.97 Å². The van der Waals surface area contributed by atoms with Crippen LogP contribution in [0, 0.1) is 13.8 Å². The Hall–Kier alpha value is -3.08. The van der Waals surface area contributed by atoms with Crippen molar-refractivity contribution in [3.63, 3.8) is 0 Å². The van der Waals surface area contributed by atoms with Gasteiger partial charge in [0.15, 0.2) is 0 Å². The summed E-state index contributed by atoms with van der Waals surface area (Å²) in [5.41, 5.74) is 3.39. The van der Waals surface area contributed by atoms with Gasteiger partial charge >= 0.3 is 0 Å². The number of rotatable bonds is 6. The fourth-order valence-electron chi connectivity index (χ4n) is 2.47. The van der Waals surface area contributed by atoms with Crippen LogP contribution in [-0.4, -0.2) is 17.1 Å². The van der Waals surface area contributed by atoms with Crippen LogP contribution in [0.25, 0.3) is 0 Å². The van der Waals surface area contributed by atoms with Crippen LogP contribution in [0.15, 0.2) is 54.6 Å². The minimum atomic E-state index is 0.708. The number of methoxy groups -OCH3 is 1. The highest BCUT2D eigenvalue weighted by atomic mass is 16.5. The zero-order chi connectivity index (χ0) is 17.6. The molecule has 0 saturated heterocycles. The summed E-state index contributed by atoms with van der Waals surface area (Å²) >= 11 is 0. The molecular formula is C20H22N4O. The zero-order valence-corrected chi connectivity index (χ0v) is 14.7. The molecule has 0 amide bonds. The molecule has 2 aromatic carbocycles. The van der Waals surface area contributed by atoms with Crippen molar-refractivity contribution in [2.24, 2.45) is 0 Å². The molecule has 3 rings (SSSR count). The molecule has 0 aliphatic heterocycles. The van der Waals surface area contributed by atoms with Crippen LogP contribution < -0.4 is 15.4 Å². The lowest BCUT2D eigenvalue weighted by Gasteiger charge is -2.11. The Morgan fingerprint density at radius 1 is 0.920 bits per heavy atom. The Morgan fingerprint density at radius 2 is 1.68 bits per heavy atom. The van der Waals surface area contributed by atoms with Gasteiger partial charge in [0.05, 0.1) is 7.11 Å². The molecule has 0 atom stereocenters. The van der Waals surface area contributed by atoms with E-state index in [2.05, 4.69) is 51.8 Å². The molecule has 0 unspecified atom stereocenters. The van der Waals surface area contributed by atoms with Gasteiger partial charge in [0.2, 0.25) is 0 Å². The second kappa shape index (κ2) is 7.66. The van der Waals surface area contributed by atoms with Crippen molar-refractivity contribution in [3.8, 4) is 5.75 Å². The number of nitrogens with one attached hydrogen (secondary N) is 2. The smallest absolute Gasteiger partial charge is 0.136 e. The fraction of sp³-hybridized carbons (Fsp3) is 0.200. The molecule has 0 radical (unpaired) electrons. The van der Waals surface area contributed by atoms with Crippen LogP contribution in [0.4, 0.5) is 17.3 Å². The molecule has 1 heterocycles. The van der Waals surface area contributed by atoms with E-state index in [1.54, 1.807) is 7.11 Å². The molecule has 5 heteroatoms. The standard InChI is InChI=1S/C20H22N4O/c1-14-7-9-16(10-8-14)13-21-19-12-20(23-15(2)22-19)24-17-5-4-6-18(11-17)25-3/h4-12H,13H2,1-3H3,(H2,21,22,23,24). The lowest BCUT2D eigenvalue weighted by atomic mass is 10.1. The van der Waals surface area contributed by atoms with Gasteiger partial charge in [-0.05, 0) is 31.5 Å². The van der Waals surface area contributed by atoms with Gasteiger partial charge in [0, 0.05) is 24.4 Å². The number of ether oxygens (including phenoxy) is 1. The molecule has 0 spiro atoms. The summed E-state index contributed by atoms with van der Waals surface area (Å²) in [6.45, 7) is 4.69. The number of anilines is 3. The van der Waals surface area contributed by atoms with E-state index in [9.17, 15) is 0 Å². The molecule has 0 bridgehead atoms. The van der Waals surface area contributed by atoms with E-state index in [0.29, 0.717) is 5.82 Å². The summed E-state index contributed by atoms with van der Waals surface area (Å²) < 4.78 is 5.25. The first-order valence-electron chi connectivity index (χ1n) is 8.18. The van der Waals surface area contributed by atoms with E-state index >= 15 is 0 Å². The summed E-state index contributed by atoms with van der Waals surface area (Å²) in [4.78, 5) is 8.90. The van der Waals surface area contributed by atoms with Gasteiger partial charge in [0.1, 0.15) is 23.2 Å². The third-order valence-corrected chi connectivity index (χ3v) is 3.77. The lowest BCUT2D eigenvalue weighted by molar-refractivity contribution is 0.415. The Bertz CT molecular complexity index is 847.